The number of nitrogens with two attached hydrogens (primary N) is 1. The molecular formula is C14H19ClN2O2. The van der Waals surface area contributed by atoms with Gasteiger partial charge >= 0.3 is 5.97 Å². The summed E-state index contributed by atoms with van der Waals surface area (Å²) in [5.41, 5.74) is 7.62. The number of esters is 1. The van der Waals surface area contributed by atoms with E-state index in [-0.39, 0.29) is 12.0 Å². The third kappa shape index (κ3) is 3.26. The summed E-state index contributed by atoms with van der Waals surface area (Å²) in [7, 11) is 1.43. The van der Waals surface area contributed by atoms with Crippen LogP contribution < -0.4 is 5.73 Å². The molecule has 5 heteroatoms. The van der Waals surface area contributed by atoms with Crippen molar-refractivity contribution in [2.75, 3.05) is 13.7 Å². The maximum atomic E-state index is 11.7. The Morgan fingerprint density at radius 2 is 2.37 bits per heavy atom. The van der Waals surface area contributed by atoms with Crippen LogP contribution in [0.25, 0.3) is 0 Å². The number of benzene rings is 1. The summed E-state index contributed by atoms with van der Waals surface area (Å²) in [4.78, 5) is 13.8. The number of methoxy groups -OCH3 is 1. The molecule has 104 valence electrons. The summed E-state index contributed by atoms with van der Waals surface area (Å²) >= 11 is 6.25. The number of carbonyl (C=O) groups excluding carboxylic acids is 1. The zero-order chi connectivity index (χ0) is 13.8. The van der Waals surface area contributed by atoms with Crippen molar-refractivity contribution in [1.82, 2.24) is 4.90 Å². The van der Waals surface area contributed by atoms with Crippen molar-refractivity contribution in [2.24, 2.45) is 5.73 Å². The van der Waals surface area contributed by atoms with E-state index in [2.05, 4.69) is 4.90 Å². The summed E-state index contributed by atoms with van der Waals surface area (Å²) in [5.74, 6) is -0.160. The van der Waals surface area contributed by atoms with Gasteiger partial charge in [0, 0.05) is 18.1 Å². The van der Waals surface area contributed by atoms with E-state index >= 15 is 0 Å². The summed E-state index contributed by atoms with van der Waals surface area (Å²) in [6.07, 6.45) is 1.86. The van der Waals surface area contributed by atoms with Crippen LogP contribution in [0.15, 0.2) is 18.2 Å². The number of carbonyl (C=O) groups is 1. The first-order valence-electron chi connectivity index (χ1n) is 6.45. The topological polar surface area (TPSA) is 55.6 Å². The molecule has 1 unspecified atom stereocenters. The van der Waals surface area contributed by atoms with Crippen molar-refractivity contribution >= 4 is 17.6 Å². The standard InChI is InChI=1S/C14H19ClN2O2/c1-19-14(18)13-3-2-6-17(13)9-11-5-4-10(8-16)7-12(11)15/h4-5,7,13H,2-3,6,8-9,16H2,1H3. The Morgan fingerprint density at radius 1 is 1.58 bits per heavy atom. The first-order chi connectivity index (χ1) is 9.15. The molecule has 1 atom stereocenters. The molecule has 1 aliphatic heterocycles. The average Bonchev–Trinajstić information content (AvgIpc) is 2.88. The Bertz CT molecular complexity index is 465. The molecule has 1 fully saturated rings. The molecule has 0 radical (unpaired) electrons. The van der Waals surface area contributed by atoms with Gasteiger partial charge in [0.25, 0.3) is 0 Å². The molecular weight excluding hydrogens is 264 g/mol. The smallest absolute Gasteiger partial charge is 0.323 e. The lowest BCUT2D eigenvalue weighted by atomic mass is 10.1. The van der Waals surface area contributed by atoms with E-state index in [1.807, 2.05) is 18.2 Å². The average molecular weight is 283 g/mol. The van der Waals surface area contributed by atoms with Gasteiger partial charge < -0.3 is 10.5 Å². The normalized spacial score (nSPS) is 19.6. The molecule has 0 aromatic heterocycles. The molecule has 1 aromatic rings. The van der Waals surface area contributed by atoms with Gasteiger partial charge in [-0.2, -0.15) is 0 Å². The van der Waals surface area contributed by atoms with Gasteiger partial charge in [0.15, 0.2) is 0 Å². The quantitative estimate of drug-likeness (QED) is 0.858. The van der Waals surface area contributed by atoms with Crippen molar-refractivity contribution in [3.8, 4) is 0 Å². The molecule has 2 N–H and O–H groups in total. The van der Waals surface area contributed by atoms with Crippen LogP contribution in [0.4, 0.5) is 0 Å². The van der Waals surface area contributed by atoms with Crippen LogP contribution in [0.3, 0.4) is 0 Å². The van der Waals surface area contributed by atoms with Crippen LogP contribution in [0, 0.1) is 0 Å². The Balaban J connectivity index is 2.10. The predicted molar refractivity (Wildman–Crippen MR) is 74.8 cm³/mol. The Kier molecular flexibility index (Phi) is 4.80. The van der Waals surface area contributed by atoms with E-state index in [9.17, 15) is 4.79 Å². The van der Waals surface area contributed by atoms with E-state index in [0.29, 0.717) is 18.1 Å². The number of rotatable bonds is 4. The summed E-state index contributed by atoms with van der Waals surface area (Å²) in [5, 5.41) is 0.707. The van der Waals surface area contributed by atoms with Crippen molar-refractivity contribution in [1.29, 1.82) is 0 Å². The lowest BCUT2D eigenvalue weighted by molar-refractivity contribution is -0.146. The highest BCUT2D eigenvalue weighted by atomic mass is 35.5. The predicted octanol–water partition coefficient (Wildman–Crippen LogP) is 1.94. The van der Waals surface area contributed by atoms with Gasteiger partial charge in [-0.3, -0.25) is 9.69 Å². The van der Waals surface area contributed by atoms with Gasteiger partial charge in [0.2, 0.25) is 0 Å². The maximum absolute atomic E-state index is 11.7. The van der Waals surface area contributed by atoms with E-state index in [4.69, 9.17) is 22.1 Å². The van der Waals surface area contributed by atoms with E-state index in [0.717, 1.165) is 30.5 Å². The first kappa shape index (κ1) is 14.3. The van der Waals surface area contributed by atoms with Gasteiger partial charge in [-0.15, -0.1) is 0 Å². The van der Waals surface area contributed by atoms with Gasteiger partial charge in [-0.05, 0) is 36.6 Å². The molecule has 0 saturated carbocycles. The second-order valence-corrected chi connectivity index (χ2v) is 5.19. The summed E-state index contributed by atoms with van der Waals surface area (Å²) in [6, 6.07) is 5.71. The molecule has 0 spiro atoms. The molecule has 19 heavy (non-hydrogen) atoms. The molecule has 1 saturated heterocycles. The van der Waals surface area contributed by atoms with Crippen LogP contribution in [-0.2, 0) is 22.6 Å². The number of ether oxygens (including phenoxy) is 1. The lowest BCUT2D eigenvalue weighted by Gasteiger charge is -2.22. The molecule has 0 aliphatic carbocycles. The minimum absolute atomic E-state index is 0.143. The maximum Gasteiger partial charge on any atom is 0.323 e. The summed E-state index contributed by atoms with van der Waals surface area (Å²) in [6.45, 7) is 2.05. The van der Waals surface area contributed by atoms with Crippen LogP contribution in [0.2, 0.25) is 5.02 Å². The highest BCUT2D eigenvalue weighted by Gasteiger charge is 2.31. The van der Waals surface area contributed by atoms with E-state index in [1.54, 1.807) is 0 Å². The fourth-order valence-corrected chi connectivity index (χ4v) is 2.75. The SMILES string of the molecule is COC(=O)C1CCCN1Cc1ccc(CN)cc1Cl. The molecule has 2 rings (SSSR count). The van der Waals surface area contributed by atoms with Gasteiger partial charge in [0.1, 0.15) is 6.04 Å². The monoisotopic (exact) mass is 282 g/mol. The van der Waals surface area contributed by atoms with Crippen LogP contribution in [0.5, 0.6) is 0 Å². The van der Waals surface area contributed by atoms with Crippen LogP contribution in [0.1, 0.15) is 24.0 Å². The molecule has 0 bridgehead atoms. The second-order valence-electron chi connectivity index (χ2n) is 4.78. The zero-order valence-corrected chi connectivity index (χ0v) is 11.8. The summed E-state index contributed by atoms with van der Waals surface area (Å²) < 4.78 is 4.84. The number of nitrogens with zero attached hydrogens (tertiary/aromatic N) is 1. The Morgan fingerprint density at radius 3 is 3.00 bits per heavy atom. The first-order valence-corrected chi connectivity index (χ1v) is 6.82. The lowest BCUT2D eigenvalue weighted by Crippen LogP contribution is -2.36. The molecule has 1 aliphatic rings. The highest BCUT2D eigenvalue weighted by Crippen LogP contribution is 2.25. The number of likely N-dealkylation sites (tertiary alicyclic amines) is 1. The Labute approximate surface area is 118 Å². The van der Waals surface area contributed by atoms with E-state index < -0.39 is 0 Å². The molecule has 0 amide bonds. The minimum Gasteiger partial charge on any atom is -0.468 e. The minimum atomic E-state index is -0.160. The van der Waals surface area contributed by atoms with Crippen LogP contribution >= 0.6 is 11.6 Å². The molecule has 1 heterocycles. The van der Waals surface area contributed by atoms with E-state index in [1.165, 1.54) is 7.11 Å². The van der Waals surface area contributed by atoms with Gasteiger partial charge in [-0.25, -0.2) is 0 Å². The highest BCUT2D eigenvalue weighted by molar-refractivity contribution is 6.31. The van der Waals surface area contributed by atoms with Crippen molar-refractivity contribution < 1.29 is 9.53 Å². The Hall–Kier alpha value is -1.10. The second kappa shape index (κ2) is 6.37. The number of halogens is 1. The van der Waals surface area contributed by atoms with Crippen molar-refractivity contribution in [3.05, 3.63) is 34.3 Å². The third-order valence-corrected chi connectivity index (χ3v) is 3.92. The van der Waals surface area contributed by atoms with Crippen molar-refractivity contribution in [2.45, 2.75) is 32.0 Å². The third-order valence-electron chi connectivity index (χ3n) is 3.56. The number of hydrogen-bond donors (Lipinski definition) is 1. The largest absolute Gasteiger partial charge is 0.468 e. The molecule has 1 aromatic carbocycles. The van der Waals surface area contributed by atoms with Gasteiger partial charge in [0.05, 0.1) is 7.11 Å². The van der Waals surface area contributed by atoms with Crippen LogP contribution in [-0.4, -0.2) is 30.6 Å². The van der Waals surface area contributed by atoms with Gasteiger partial charge in [-0.1, -0.05) is 23.7 Å². The molecule has 4 nitrogen and oxygen atoms in total. The zero-order valence-electron chi connectivity index (χ0n) is 11.1. The fraction of sp³-hybridized carbons (Fsp3) is 0.500. The fourth-order valence-electron chi connectivity index (χ4n) is 2.48. The number of hydrogen-bond acceptors (Lipinski definition) is 4. The van der Waals surface area contributed by atoms with Crippen molar-refractivity contribution in [3.63, 3.8) is 0 Å².